The van der Waals surface area contributed by atoms with Crippen LogP contribution in [0.25, 0.3) is 0 Å². The zero-order valence-corrected chi connectivity index (χ0v) is 15.4. The van der Waals surface area contributed by atoms with E-state index in [0.717, 1.165) is 30.6 Å². The molecule has 0 atom stereocenters. The molecule has 1 heterocycles. The summed E-state index contributed by atoms with van der Waals surface area (Å²) in [5.74, 6) is 2.86. The summed E-state index contributed by atoms with van der Waals surface area (Å²) in [4.78, 5) is 4.30. The van der Waals surface area contributed by atoms with Gasteiger partial charge in [0.05, 0.1) is 6.26 Å². The topological polar surface area (TPSA) is 49.6 Å². The normalized spacial score (nSPS) is 22.5. The van der Waals surface area contributed by atoms with E-state index in [1.807, 2.05) is 19.2 Å². The highest BCUT2D eigenvalue weighted by atomic mass is 127. The van der Waals surface area contributed by atoms with Crippen molar-refractivity contribution in [3.8, 4) is 0 Å². The summed E-state index contributed by atoms with van der Waals surface area (Å²) in [6.45, 7) is 3.14. The first kappa shape index (κ1) is 18.3. The molecule has 1 aliphatic carbocycles. The monoisotopic (exact) mass is 405 g/mol. The molecule has 5 heteroatoms. The average Bonchev–Trinajstić information content (AvgIpc) is 3.00. The largest absolute Gasteiger partial charge is 0.469 e. The number of guanidine groups is 1. The summed E-state index contributed by atoms with van der Waals surface area (Å²) in [7, 11) is 1.83. The minimum absolute atomic E-state index is 0. The van der Waals surface area contributed by atoms with Crippen molar-refractivity contribution in [2.75, 3.05) is 13.6 Å². The molecule has 21 heavy (non-hydrogen) atoms. The van der Waals surface area contributed by atoms with Gasteiger partial charge < -0.3 is 15.1 Å². The van der Waals surface area contributed by atoms with E-state index in [-0.39, 0.29) is 24.0 Å². The number of nitrogens with zero attached hydrogens (tertiary/aromatic N) is 1. The van der Waals surface area contributed by atoms with Crippen molar-refractivity contribution < 1.29 is 4.42 Å². The maximum Gasteiger partial charge on any atom is 0.191 e. The van der Waals surface area contributed by atoms with Gasteiger partial charge >= 0.3 is 0 Å². The lowest BCUT2D eigenvalue weighted by Gasteiger charge is -2.29. The van der Waals surface area contributed by atoms with Crippen LogP contribution in [0.3, 0.4) is 0 Å². The van der Waals surface area contributed by atoms with E-state index in [2.05, 4.69) is 22.5 Å². The Hall–Kier alpha value is -0.720. The van der Waals surface area contributed by atoms with E-state index in [9.17, 15) is 0 Å². The van der Waals surface area contributed by atoms with Gasteiger partial charge in [-0.2, -0.15) is 0 Å². The fraction of sp³-hybridized carbons (Fsp3) is 0.688. The predicted octanol–water partition coefficient (Wildman–Crippen LogP) is 3.57. The molecule has 1 aliphatic rings. The zero-order chi connectivity index (χ0) is 14.2. The van der Waals surface area contributed by atoms with Crippen LogP contribution in [-0.2, 0) is 6.42 Å². The summed E-state index contributed by atoms with van der Waals surface area (Å²) >= 11 is 0. The van der Waals surface area contributed by atoms with Crippen molar-refractivity contribution >= 4 is 29.9 Å². The molecule has 4 nitrogen and oxygen atoms in total. The Morgan fingerprint density at radius 2 is 2.10 bits per heavy atom. The number of halogens is 1. The summed E-state index contributed by atoms with van der Waals surface area (Å²) in [6, 6.07) is 4.51. The molecule has 1 fully saturated rings. The smallest absolute Gasteiger partial charge is 0.191 e. The van der Waals surface area contributed by atoms with Crippen molar-refractivity contribution in [2.45, 2.75) is 51.5 Å². The molecule has 0 amide bonds. The summed E-state index contributed by atoms with van der Waals surface area (Å²) in [5.41, 5.74) is 0. The quantitative estimate of drug-likeness (QED) is 0.447. The third-order valence-electron chi connectivity index (χ3n) is 4.23. The highest BCUT2D eigenvalue weighted by Crippen LogP contribution is 2.26. The van der Waals surface area contributed by atoms with Gasteiger partial charge in [-0.05, 0) is 43.7 Å². The van der Waals surface area contributed by atoms with Gasteiger partial charge in [0.15, 0.2) is 5.96 Å². The highest BCUT2D eigenvalue weighted by molar-refractivity contribution is 14.0. The van der Waals surface area contributed by atoms with Gasteiger partial charge in [-0.3, -0.25) is 4.99 Å². The minimum Gasteiger partial charge on any atom is -0.469 e. The zero-order valence-electron chi connectivity index (χ0n) is 13.1. The second-order valence-electron chi connectivity index (χ2n) is 5.60. The molecule has 0 aliphatic heterocycles. The van der Waals surface area contributed by atoms with Crippen LogP contribution in [0, 0.1) is 5.92 Å². The van der Waals surface area contributed by atoms with Crippen LogP contribution in [0.2, 0.25) is 0 Å². The molecule has 2 rings (SSSR count). The fourth-order valence-electron chi connectivity index (χ4n) is 2.86. The molecule has 0 spiro atoms. The number of nitrogens with one attached hydrogen (secondary N) is 2. The average molecular weight is 405 g/mol. The third kappa shape index (κ3) is 6.28. The molecular weight excluding hydrogens is 377 g/mol. The SMILES string of the molecule is CCC1CCC(NC(=NC)NCCc2ccco2)CC1.I. The molecule has 1 aromatic heterocycles. The van der Waals surface area contributed by atoms with Crippen LogP contribution in [-0.4, -0.2) is 25.6 Å². The van der Waals surface area contributed by atoms with Crippen molar-refractivity contribution in [2.24, 2.45) is 10.9 Å². The van der Waals surface area contributed by atoms with Gasteiger partial charge in [-0.15, -0.1) is 24.0 Å². The lowest BCUT2D eigenvalue weighted by atomic mass is 9.84. The number of aliphatic imine (C=N–C) groups is 1. The number of furan rings is 1. The lowest BCUT2D eigenvalue weighted by molar-refractivity contribution is 0.304. The van der Waals surface area contributed by atoms with Gasteiger partial charge in [0.2, 0.25) is 0 Å². The molecule has 120 valence electrons. The molecule has 0 aromatic carbocycles. The van der Waals surface area contributed by atoms with Crippen LogP contribution in [0.4, 0.5) is 0 Å². The first-order valence-corrected chi connectivity index (χ1v) is 7.81. The van der Waals surface area contributed by atoms with E-state index in [1.54, 1.807) is 6.26 Å². The minimum atomic E-state index is 0. The molecule has 0 bridgehead atoms. The van der Waals surface area contributed by atoms with Crippen molar-refractivity contribution in [1.29, 1.82) is 0 Å². The summed E-state index contributed by atoms with van der Waals surface area (Å²) in [6.07, 6.45) is 9.14. The number of hydrogen-bond acceptors (Lipinski definition) is 2. The first-order chi connectivity index (χ1) is 9.81. The van der Waals surface area contributed by atoms with E-state index >= 15 is 0 Å². The molecular formula is C16H28IN3O. The van der Waals surface area contributed by atoms with Crippen LogP contribution in [0.1, 0.15) is 44.8 Å². The van der Waals surface area contributed by atoms with Crippen molar-refractivity contribution in [1.82, 2.24) is 10.6 Å². The van der Waals surface area contributed by atoms with Crippen molar-refractivity contribution in [3.05, 3.63) is 24.2 Å². The summed E-state index contributed by atoms with van der Waals surface area (Å²) < 4.78 is 5.32. The molecule has 0 unspecified atom stereocenters. The molecule has 0 radical (unpaired) electrons. The first-order valence-electron chi connectivity index (χ1n) is 7.81. The Bertz CT molecular complexity index is 398. The lowest BCUT2D eigenvalue weighted by Crippen LogP contribution is -2.45. The second kappa shape index (κ2) is 10.1. The Labute approximate surface area is 145 Å². The van der Waals surface area contributed by atoms with E-state index in [1.165, 1.54) is 32.1 Å². The molecule has 2 N–H and O–H groups in total. The number of hydrogen-bond donors (Lipinski definition) is 2. The van der Waals surface area contributed by atoms with Gasteiger partial charge in [-0.25, -0.2) is 0 Å². The van der Waals surface area contributed by atoms with E-state index in [4.69, 9.17) is 4.42 Å². The van der Waals surface area contributed by atoms with E-state index in [0.29, 0.717) is 6.04 Å². The Morgan fingerprint density at radius 3 is 2.67 bits per heavy atom. The maximum atomic E-state index is 5.32. The van der Waals surface area contributed by atoms with Crippen LogP contribution < -0.4 is 10.6 Å². The van der Waals surface area contributed by atoms with Crippen molar-refractivity contribution in [3.63, 3.8) is 0 Å². The number of rotatable bonds is 5. The van der Waals surface area contributed by atoms with Crippen LogP contribution in [0.15, 0.2) is 27.8 Å². The van der Waals surface area contributed by atoms with E-state index < -0.39 is 0 Å². The summed E-state index contributed by atoms with van der Waals surface area (Å²) in [5, 5.41) is 6.90. The third-order valence-corrected chi connectivity index (χ3v) is 4.23. The Kier molecular flexibility index (Phi) is 8.80. The Morgan fingerprint density at radius 1 is 1.33 bits per heavy atom. The molecule has 1 saturated carbocycles. The van der Waals surface area contributed by atoms with Gasteiger partial charge in [-0.1, -0.05) is 13.3 Å². The highest BCUT2D eigenvalue weighted by Gasteiger charge is 2.20. The molecule has 0 saturated heterocycles. The Balaban J connectivity index is 0.00000220. The fourth-order valence-corrected chi connectivity index (χ4v) is 2.86. The van der Waals surface area contributed by atoms with Crippen LogP contribution in [0.5, 0.6) is 0 Å². The van der Waals surface area contributed by atoms with Gasteiger partial charge in [0.1, 0.15) is 5.76 Å². The molecule has 1 aromatic rings. The standard InChI is InChI=1S/C16H27N3O.HI/c1-3-13-6-8-14(9-7-13)19-16(17-2)18-11-10-15-5-4-12-20-15;/h4-5,12-14H,3,6-11H2,1-2H3,(H2,17,18,19);1H. The second-order valence-corrected chi connectivity index (χ2v) is 5.60. The predicted molar refractivity (Wildman–Crippen MR) is 98.4 cm³/mol. The van der Waals surface area contributed by atoms with Gasteiger partial charge in [0, 0.05) is 26.1 Å². The van der Waals surface area contributed by atoms with Crippen LogP contribution >= 0.6 is 24.0 Å². The van der Waals surface area contributed by atoms with Gasteiger partial charge in [0.25, 0.3) is 0 Å². The maximum absolute atomic E-state index is 5.32.